The fourth-order valence-electron chi connectivity index (χ4n) is 2.20. The molecule has 1 aromatic heterocycles. The standard InChI is InChI=1S/C17H13FNO/c18-16-8-4-7-13-9-10-19(11-15(13)16)12-17(20)14-5-2-1-3-6-14/h1-11H,12H2/q+1. The van der Waals surface area contributed by atoms with Crippen LogP contribution in [-0.4, -0.2) is 5.78 Å². The summed E-state index contributed by atoms with van der Waals surface area (Å²) in [5.41, 5.74) is 0.661. The highest BCUT2D eigenvalue weighted by Gasteiger charge is 2.13. The lowest BCUT2D eigenvalue weighted by atomic mass is 10.1. The Morgan fingerprint density at radius 3 is 2.60 bits per heavy atom. The number of pyridine rings is 1. The molecule has 0 aliphatic heterocycles. The molecule has 2 aromatic carbocycles. The number of nitrogens with zero attached hydrogens (tertiary/aromatic N) is 1. The molecule has 0 N–H and O–H groups in total. The molecule has 0 saturated carbocycles. The Bertz CT molecular complexity index is 768. The molecule has 0 fully saturated rings. The maximum absolute atomic E-state index is 13.7. The number of hydrogen-bond donors (Lipinski definition) is 0. The monoisotopic (exact) mass is 266 g/mol. The van der Waals surface area contributed by atoms with Crippen molar-refractivity contribution in [3.8, 4) is 0 Å². The molecule has 0 atom stereocenters. The Morgan fingerprint density at radius 1 is 1.00 bits per heavy atom. The van der Waals surface area contributed by atoms with Crippen molar-refractivity contribution in [1.82, 2.24) is 0 Å². The van der Waals surface area contributed by atoms with Gasteiger partial charge in [-0.15, -0.1) is 0 Å². The van der Waals surface area contributed by atoms with Crippen molar-refractivity contribution < 1.29 is 13.8 Å². The van der Waals surface area contributed by atoms with Gasteiger partial charge in [0, 0.05) is 11.6 Å². The van der Waals surface area contributed by atoms with Gasteiger partial charge in [-0.05, 0) is 11.5 Å². The minimum Gasteiger partial charge on any atom is -0.287 e. The fraction of sp³-hybridized carbons (Fsp3) is 0.0588. The van der Waals surface area contributed by atoms with Crippen LogP contribution in [-0.2, 0) is 6.54 Å². The molecule has 0 unspecified atom stereocenters. The zero-order valence-corrected chi connectivity index (χ0v) is 10.8. The average Bonchev–Trinajstić information content (AvgIpc) is 2.49. The van der Waals surface area contributed by atoms with E-state index in [0.29, 0.717) is 10.9 Å². The largest absolute Gasteiger partial charge is 0.287 e. The number of carbonyl (C=O) groups excluding carboxylic acids is 1. The van der Waals surface area contributed by atoms with Crippen LogP contribution in [0, 0.1) is 5.82 Å². The summed E-state index contributed by atoms with van der Waals surface area (Å²) in [6.45, 7) is 0.203. The van der Waals surface area contributed by atoms with Crippen molar-refractivity contribution in [2.45, 2.75) is 6.54 Å². The van der Waals surface area contributed by atoms with E-state index in [1.165, 1.54) is 6.07 Å². The maximum atomic E-state index is 13.7. The summed E-state index contributed by atoms with van der Waals surface area (Å²) in [4.78, 5) is 12.1. The molecule has 0 amide bonds. The van der Waals surface area contributed by atoms with Crippen LogP contribution in [0.15, 0.2) is 67.0 Å². The highest BCUT2D eigenvalue weighted by Crippen LogP contribution is 2.14. The Labute approximate surface area is 116 Å². The number of benzene rings is 2. The lowest BCUT2D eigenvalue weighted by Gasteiger charge is -2.00. The SMILES string of the molecule is O=C(C[n+]1ccc2cccc(F)c2c1)c1ccccc1. The van der Waals surface area contributed by atoms with E-state index in [1.54, 1.807) is 35.2 Å². The van der Waals surface area contributed by atoms with Crippen LogP contribution in [0.2, 0.25) is 0 Å². The Hall–Kier alpha value is -2.55. The van der Waals surface area contributed by atoms with Gasteiger partial charge < -0.3 is 0 Å². The van der Waals surface area contributed by atoms with E-state index in [1.807, 2.05) is 30.3 Å². The van der Waals surface area contributed by atoms with E-state index in [4.69, 9.17) is 0 Å². The summed E-state index contributed by atoms with van der Waals surface area (Å²) in [6.07, 6.45) is 3.47. The summed E-state index contributed by atoms with van der Waals surface area (Å²) in [7, 11) is 0. The molecule has 3 aromatic rings. The fourth-order valence-corrected chi connectivity index (χ4v) is 2.20. The van der Waals surface area contributed by atoms with Crippen molar-refractivity contribution in [2.75, 3.05) is 0 Å². The smallest absolute Gasteiger partial charge is 0.227 e. The topological polar surface area (TPSA) is 20.9 Å². The van der Waals surface area contributed by atoms with Gasteiger partial charge >= 0.3 is 0 Å². The number of Topliss-reactive ketones (excluding diaryl/α,β-unsaturated/α-hetero) is 1. The maximum Gasteiger partial charge on any atom is 0.227 e. The molecule has 20 heavy (non-hydrogen) atoms. The van der Waals surface area contributed by atoms with Crippen molar-refractivity contribution in [3.05, 3.63) is 78.4 Å². The molecule has 0 aliphatic carbocycles. The molecule has 0 saturated heterocycles. The van der Waals surface area contributed by atoms with Gasteiger partial charge in [0.2, 0.25) is 12.3 Å². The summed E-state index contributed by atoms with van der Waals surface area (Å²) >= 11 is 0. The van der Waals surface area contributed by atoms with Crippen molar-refractivity contribution in [2.24, 2.45) is 0 Å². The first kappa shape index (κ1) is 12.5. The van der Waals surface area contributed by atoms with Crippen LogP contribution >= 0.6 is 0 Å². The molecule has 3 heteroatoms. The molecule has 1 heterocycles. The molecular formula is C17H13FNO+. The average molecular weight is 266 g/mol. The number of halogens is 1. The number of fused-ring (bicyclic) bond motifs is 1. The zero-order chi connectivity index (χ0) is 13.9. The van der Waals surface area contributed by atoms with E-state index in [0.717, 1.165) is 5.39 Å². The normalized spacial score (nSPS) is 10.7. The predicted octanol–water partition coefficient (Wildman–Crippen LogP) is 3.15. The molecule has 0 aliphatic rings. The van der Waals surface area contributed by atoms with E-state index >= 15 is 0 Å². The highest BCUT2D eigenvalue weighted by molar-refractivity contribution is 5.95. The summed E-state index contributed by atoms with van der Waals surface area (Å²) < 4.78 is 15.4. The van der Waals surface area contributed by atoms with E-state index < -0.39 is 0 Å². The quantitative estimate of drug-likeness (QED) is 0.527. The number of aromatic nitrogens is 1. The zero-order valence-electron chi connectivity index (χ0n) is 10.8. The van der Waals surface area contributed by atoms with Gasteiger partial charge in [0.1, 0.15) is 5.82 Å². The number of ketones is 1. The summed E-state index contributed by atoms with van der Waals surface area (Å²) in [5.74, 6) is -0.268. The van der Waals surface area contributed by atoms with Gasteiger partial charge in [0.15, 0.2) is 12.4 Å². The second-order valence-electron chi connectivity index (χ2n) is 4.65. The van der Waals surface area contributed by atoms with Gasteiger partial charge in [0.25, 0.3) is 0 Å². The van der Waals surface area contributed by atoms with Crippen LogP contribution in [0.1, 0.15) is 10.4 Å². The molecule has 3 rings (SSSR count). The Balaban J connectivity index is 1.92. The number of hydrogen-bond acceptors (Lipinski definition) is 1. The second kappa shape index (κ2) is 5.21. The van der Waals surface area contributed by atoms with Crippen molar-refractivity contribution in [3.63, 3.8) is 0 Å². The first-order chi connectivity index (χ1) is 9.74. The van der Waals surface area contributed by atoms with Crippen LogP contribution in [0.25, 0.3) is 10.8 Å². The molecule has 0 bridgehead atoms. The first-order valence-corrected chi connectivity index (χ1v) is 6.39. The second-order valence-corrected chi connectivity index (χ2v) is 4.65. The van der Waals surface area contributed by atoms with E-state index in [2.05, 4.69) is 0 Å². The molecule has 98 valence electrons. The van der Waals surface area contributed by atoms with Gasteiger partial charge in [-0.1, -0.05) is 42.5 Å². The number of carbonyl (C=O) groups is 1. The molecule has 0 spiro atoms. The predicted molar refractivity (Wildman–Crippen MR) is 74.9 cm³/mol. The third-order valence-corrected chi connectivity index (χ3v) is 3.25. The minimum absolute atomic E-state index is 0.00582. The molecule has 0 radical (unpaired) electrons. The Kier molecular flexibility index (Phi) is 3.25. The minimum atomic E-state index is -0.274. The van der Waals surface area contributed by atoms with Gasteiger partial charge in [-0.25, -0.2) is 4.39 Å². The van der Waals surface area contributed by atoms with Crippen molar-refractivity contribution >= 4 is 16.6 Å². The van der Waals surface area contributed by atoms with Crippen molar-refractivity contribution in [1.29, 1.82) is 0 Å². The van der Waals surface area contributed by atoms with Crippen LogP contribution in [0.3, 0.4) is 0 Å². The molecule has 2 nitrogen and oxygen atoms in total. The van der Waals surface area contributed by atoms with E-state index in [-0.39, 0.29) is 18.1 Å². The van der Waals surface area contributed by atoms with Gasteiger partial charge in [-0.2, -0.15) is 4.57 Å². The van der Waals surface area contributed by atoms with Crippen LogP contribution in [0.4, 0.5) is 4.39 Å². The van der Waals surface area contributed by atoms with Gasteiger partial charge in [-0.3, -0.25) is 4.79 Å². The van der Waals surface area contributed by atoms with Crippen LogP contribution in [0.5, 0.6) is 0 Å². The summed E-state index contributed by atoms with van der Waals surface area (Å²) in [6, 6.07) is 15.9. The van der Waals surface area contributed by atoms with Gasteiger partial charge in [0.05, 0.1) is 5.39 Å². The Morgan fingerprint density at radius 2 is 1.80 bits per heavy atom. The lowest BCUT2D eigenvalue weighted by Crippen LogP contribution is -2.37. The third kappa shape index (κ3) is 2.43. The highest BCUT2D eigenvalue weighted by atomic mass is 19.1. The summed E-state index contributed by atoms with van der Waals surface area (Å²) in [5, 5.41) is 1.35. The third-order valence-electron chi connectivity index (χ3n) is 3.25. The first-order valence-electron chi connectivity index (χ1n) is 6.39. The lowest BCUT2D eigenvalue weighted by molar-refractivity contribution is -0.681. The van der Waals surface area contributed by atoms with E-state index in [9.17, 15) is 9.18 Å². The van der Waals surface area contributed by atoms with Crippen LogP contribution < -0.4 is 4.57 Å². The molecular weight excluding hydrogens is 253 g/mol. The number of rotatable bonds is 3.